The summed E-state index contributed by atoms with van der Waals surface area (Å²) >= 11 is 1.65. The van der Waals surface area contributed by atoms with E-state index >= 15 is 4.39 Å². The van der Waals surface area contributed by atoms with Gasteiger partial charge in [-0.25, -0.2) is 14.2 Å². The number of thiophene rings is 1. The minimum Gasteiger partial charge on any atom is -0.464 e. The number of methoxy groups -OCH3 is 2. The summed E-state index contributed by atoms with van der Waals surface area (Å²) in [5.41, 5.74) is 2.63. The number of benzene rings is 2. The molecule has 312 valence electrons. The number of aromatic nitrogens is 3. The molecule has 8 rings (SSSR count). The lowest BCUT2D eigenvalue weighted by Gasteiger charge is -2.32. The van der Waals surface area contributed by atoms with Crippen molar-refractivity contribution in [3.8, 4) is 28.3 Å². The van der Waals surface area contributed by atoms with E-state index in [1.807, 2.05) is 65.8 Å². The zero-order valence-corrected chi connectivity index (χ0v) is 36.2. The molecule has 12 nitrogen and oxygen atoms in total. The van der Waals surface area contributed by atoms with Crippen LogP contribution in [-0.2, 0) is 30.0 Å². The molecule has 3 unspecified atom stereocenters. The van der Waals surface area contributed by atoms with Crippen LogP contribution >= 0.6 is 11.3 Å². The lowest BCUT2D eigenvalue weighted by molar-refractivity contribution is -0.135. The minimum atomic E-state index is -0.755. The van der Waals surface area contributed by atoms with Crippen molar-refractivity contribution in [1.29, 1.82) is 0 Å². The van der Waals surface area contributed by atoms with Crippen molar-refractivity contribution in [2.45, 2.75) is 110 Å². The van der Waals surface area contributed by atoms with Crippen LogP contribution in [0, 0.1) is 11.7 Å². The maximum atomic E-state index is 16.8. The van der Waals surface area contributed by atoms with Crippen LogP contribution in [0.1, 0.15) is 96.1 Å². The van der Waals surface area contributed by atoms with Crippen LogP contribution in [0.25, 0.3) is 33.4 Å². The Morgan fingerprint density at radius 2 is 1.83 bits per heavy atom. The Bertz CT molecular complexity index is 2400. The second-order valence-electron chi connectivity index (χ2n) is 17.8. The standard InChI is InChI=1S/C44H53BFN5O7S/c1-24(2)37(49-41(53)54-9)39(52)50-17-11-12-32(50)38-47-23-30(48-38)25-19-29(46)36-33-20-26-18-27(45-57-43(5,6)44(7,8)58-45)13-15-31(26)51(33)40(56-34(36)21-25)35-16-14-28(59-35)22-42(3,4)55-10/h13-16,18-21,23-24,32,37,40H,11-12,17,22H2,1-10H3,(H,47,48)(H,49,53). The summed E-state index contributed by atoms with van der Waals surface area (Å²) in [7, 11) is 2.44. The van der Waals surface area contributed by atoms with Crippen LogP contribution in [0.5, 0.6) is 5.75 Å². The average molecular weight is 826 g/mol. The van der Waals surface area contributed by atoms with Gasteiger partial charge < -0.3 is 38.7 Å². The molecule has 3 aliphatic rings. The van der Waals surface area contributed by atoms with Gasteiger partial charge in [-0.2, -0.15) is 0 Å². The van der Waals surface area contributed by atoms with E-state index in [0.717, 1.165) is 39.0 Å². The fourth-order valence-corrected chi connectivity index (χ4v) is 9.47. The number of alkyl carbamates (subject to hydrolysis) is 1. The van der Waals surface area contributed by atoms with Gasteiger partial charge in [0.05, 0.1) is 63.5 Å². The molecule has 2 fully saturated rings. The van der Waals surface area contributed by atoms with Crippen molar-refractivity contribution in [2.24, 2.45) is 5.92 Å². The van der Waals surface area contributed by atoms with Crippen LogP contribution in [-0.4, -0.2) is 82.2 Å². The van der Waals surface area contributed by atoms with Gasteiger partial charge in [-0.3, -0.25) is 9.36 Å². The lowest BCUT2D eigenvalue weighted by Crippen LogP contribution is -2.51. The van der Waals surface area contributed by atoms with E-state index in [4.69, 9.17) is 28.5 Å². The van der Waals surface area contributed by atoms with E-state index < -0.39 is 42.5 Å². The fourth-order valence-electron chi connectivity index (χ4n) is 8.22. The third-order valence-corrected chi connectivity index (χ3v) is 13.5. The molecular weight excluding hydrogens is 772 g/mol. The molecule has 59 heavy (non-hydrogen) atoms. The highest BCUT2D eigenvalue weighted by Gasteiger charge is 2.52. The molecule has 2 N–H and O–H groups in total. The van der Waals surface area contributed by atoms with E-state index in [2.05, 4.69) is 46.9 Å². The molecule has 15 heteroatoms. The molecule has 0 bridgehead atoms. The number of imidazole rings is 1. The monoisotopic (exact) mass is 825 g/mol. The van der Waals surface area contributed by atoms with Gasteiger partial charge in [-0.15, -0.1) is 11.3 Å². The van der Waals surface area contributed by atoms with Crippen LogP contribution in [0.15, 0.2) is 54.7 Å². The zero-order chi connectivity index (χ0) is 42.2. The van der Waals surface area contributed by atoms with Crippen LogP contribution in [0.4, 0.5) is 9.18 Å². The SMILES string of the molecule is COC(=O)NC(C(=O)N1CCCC1c1ncc(-c2cc(F)c3c(c2)OC(c2ccc(CC(C)(C)OC)s2)n2c-3cc3cc(B4OC(C)(C)C(C)(C)O4)ccc32)[nH]1)C(C)C. The molecule has 2 saturated heterocycles. The van der Waals surface area contributed by atoms with E-state index in [1.54, 1.807) is 29.5 Å². The van der Waals surface area contributed by atoms with Gasteiger partial charge in [0, 0.05) is 35.9 Å². The smallest absolute Gasteiger partial charge is 0.464 e. The molecule has 0 spiro atoms. The van der Waals surface area contributed by atoms with Gasteiger partial charge in [0.1, 0.15) is 23.4 Å². The van der Waals surface area contributed by atoms with Crippen LogP contribution < -0.4 is 15.5 Å². The molecule has 6 heterocycles. The molecule has 3 atom stereocenters. The number of amides is 2. The molecule has 0 aliphatic carbocycles. The predicted molar refractivity (Wildman–Crippen MR) is 226 cm³/mol. The number of likely N-dealkylation sites (tertiary alicyclic amines) is 1. The summed E-state index contributed by atoms with van der Waals surface area (Å²) in [4.78, 5) is 37.8. The summed E-state index contributed by atoms with van der Waals surface area (Å²) in [5.74, 6) is 0.187. The number of hydrogen-bond donors (Lipinski definition) is 2. The Kier molecular flexibility index (Phi) is 10.5. The van der Waals surface area contributed by atoms with E-state index in [0.29, 0.717) is 47.1 Å². The Morgan fingerprint density at radius 3 is 2.53 bits per heavy atom. The molecular formula is C44H53BFN5O7S. The first-order valence-electron chi connectivity index (χ1n) is 20.3. The summed E-state index contributed by atoms with van der Waals surface area (Å²) in [5, 5.41) is 3.60. The van der Waals surface area contributed by atoms with E-state index in [1.165, 1.54) is 13.2 Å². The number of nitrogens with one attached hydrogen (secondary N) is 2. The number of fused-ring (bicyclic) bond motifs is 5. The predicted octanol–water partition coefficient (Wildman–Crippen LogP) is 8.15. The highest BCUT2D eigenvalue weighted by molar-refractivity contribution is 7.12. The Hall–Kier alpha value is -4.70. The highest BCUT2D eigenvalue weighted by Crippen LogP contribution is 2.48. The molecule has 2 amide bonds. The third-order valence-electron chi connectivity index (χ3n) is 12.4. The number of halogens is 1. The van der Waals surface area contributed by atoms with Gasteiger partial charge in [-0.05, 0) is 102 Å². The number of ether oxygens (including phenoxy) is 3. The number of aromatic amines is 1. The normalized spacial score (nSPS) is 20.1. The minimum absolute atomic E-state index is 0.161. The van der Waals surface area contributed by atoms with E-state index in [9.17, 15) is 9.59 Å². The van der Waals surface area contributed by atoms with Gasteiger partial charge in [0.2, 0.25) is 12.1 Å². The number of rotatable bonds is 10. The van der Waals surface area contributed by atoms with Gasteiger partial charge in [0.15, 0.2) is 0 Å². The molecule has 3 aliphatic heterocycles. The number of hydrogen-bond acceptors (Lipinski definition) is 9. The lowest BCUT2D eigenvalue weighted by atomic mass is 9.78. The Morgan fingerprint density at radius 1 is 1.08 bits per heavy atom. The van der Waals surface area contributed by atoms with Crippen molar-refractivity contribution in [2.75, 3.05) is 20.8 Å². The summed E-state index contributed by atoms with van der Waals surface area (Å²) in [6.45, 7) is 16.5. The van der Waals surface area contributed by atoms with Crippen molar-refractivity contribution < 1.29 is 37.5 Å². The van der Waals surface area contributed by atoms with Crippen molar-refractivity contribution in [3.05, 3.63) is 76.1 Å². The van der Waals surface area contributed by atoms with Crippen LogP contribution in [0.2, 0.25) is 0 Å². The summed E-state index contributed by atoms with van der Waals surface area (Å²) in [6, 6.07) is 14.6. The van der Waals surface area contributed by atoms with Crippen LogP contribution in [0.3, 0.4) is 0 Å². The number of H-pyrrole nitrogens is 1. The largest absolute Gasteiger partial charge is 0.494 e. The molecule has 2 aromatic carbocycles. The number of carbonyl (C=O) groups excluding carboxylic acids is 2. The fraction of sp³-hybridized carbons (Fsp3) is 0.477. The third kappa shape index (κ3) is 7.44. The van der Waals surface area contributed by atoms with E-state index in [-0.39, 0.29) is 23.5 Å². The maximum Gasteiger partial charge on any atom is 0.494 e. The molecule has 0 saturated carbocycles. The van der Waals surface area contributed by atoms with Crippen molar-refractivity contribution in [3.63, 3.8) is 0 Å². The zero-order valence-electron chi connectivity index (χ0n) is 35.4. The summed E-state index contributed by atoms with van der Waals surface area (Å²) in [6.07, 6.45) is 2.61. The highest BCUT2D eigenvalue weighted by atomic mass is 32.1. The van der Waals surface area contributed by atoms with Gasteiger partial charge in [-0.1, -0.05) is 26.0 Å². The van der Waals surface area contributed by atoms with Crippen molar-refractivity contribution >= 4 is 46.8 Å². The first kappa shape index (κ1) is 41.1. The summed E-state index contributed by atoms with van der Waals surface area (Å²) < 4.78 is 49.0. The number of carbonyl (C=O) groups is 2. The Labute approximate surface area is 348 Å². The Balaban J connectivity index is 1.16. The second-order valence-corrected chi connectivity index (χ2v) is 19.0. The van der Waals surface area contributed by atoms with Gasteiger partial charge >= 0.3 is 13.2 Å². The molecule has 3 aromatic heterocycles. The molecule has 5 aromatic rings. The van der Waals surface area contributed by atoms with Gasteiger partial charge in [0.25, 0.3) is 0 Å². The van der Waals surface area contributed by atoms with Crippen molar-refractivity contribution in [1.82, 2.24) is 24.8 Å². The first-order valence-corrected chi connectivity index (χ1v) is 21.1. The average Bonchev–Trinajstić information content (AvgIpc) is 4.02. The molecule has 0 radical (unpaired) electrons. The number of nitrogens with zero attached hydrogens (tertiary/aromatic N) is 3. The maximum absolute atomic E-state index is 16.8. The first-order chi connectivity index (χ1) is 27.9. The quantitative estimate of drug-likeness (QED) is 0.135. The second kappa shape index (κ2) is 15.1. The topological polar surface area (TPSA) is 129 Å².